The van der Waals surface area contributed by atoms with Gasteiger partial charge in [-0.1, -0.05) is 6.92 Å². The molecule has 0 aliphatic carbocycles. The molecule has 0 spiro atoms. The Labute approximate surface area is 66.6 Å². The lowest BCUT2D eigenvalue weighted by atomic mass is 9.96. The van der Waals surface area contributed by atoms with Crippen LogP contribution >= 0.6 is 0 Å². The largest absolute Gasteiger partial charge is 0.368 e. The molecule has 0 radical (unpaired) electrons. The van der Waals surface area contributed by atoms with Crippen LogP contribution in [-0.2, 0) is 4.74 Å². The third-order valence-corrected chi connectivity index (χ3v) is 1.96. The molecule has 3 nitrogen and oxygen atoms in total. The summed E-state index contributed by atoms with van der Waals surface area (Å²) in [4.78, 5) is 0. The van der Waals surface area contributed by atoms with Crippen molar-refractivity contribution in [2.24, 2.45) is 11.8 Å². The highest BCUT2D eigenvalue weighted by Gasteiger charge is 2.21. The summed E-state index contributed by atoms with van der Waals surface area (Å²) in [5.41, 5.74) is 0. The second-order valence-electron chi connectivity index (χ2n) is 3.19. The van der Waals surface area contributed by atoms with E-state index in [1.807, 2.05) is 6.92 Å². The molecule has 0 aromatic carbocycles. The van der Waals surface area contributed by atoms with Crippen LogP contribution in [0.3, 0.4) is 0 Å². The third kappa shape index (κ3) is 2.49. The lowest BCUT2D eigenvalue weighted by Gasteiger charge is -2.09. The summed E-state index contributed by atoms with van der Waals surface area (Å²) in [5, 5.41) is 17.7. The Kier molecular flexibility index (Phi) is 2.86. The Morgan fingerprint density at radius 1 is 1.55 bits per heavy atom. The van der Waals surface area contributed by atoms with Crippen molar-refractivity contribution in [3.8, 4) is 6.07 Å². The Balaban J connectivity index is 2.47. The van der Waals surface area contributed by atoms with Gasteiger partial charge in [-0.15, -0.1) is 0 Å². The van der Waals surface area contributed by atoms with Crippen LogP contribution in [0.5, 0.6) is 0 Å². The summed E-state index contributed by atoms with van der Waals surface area (Å²) in [6.07, 6.45) is 0.828. The molecule has 3 atom stereocenters. The Morgan fingerprint density at radius 3 is 2.91 bits per heavy atom. The van der Waals surface area contributed by atoms with Crippen molar-refractivity contribution in [3.05, 3.63) is 0 Å². The smallest absolute Gasteiger partial charge is 0.154 e. The van der Waals surface area contributed by atoms with Crippen molar-refractivity contribution in [2.75, 3.05) is 6.61 Å². The fraction of sp³-hybridized carbons (Fsp3) is 0.875. The van der Waals surface area contributed by atoms with Gasteiger partial charge in [0, 0.05) is 6.42 Å². The molecule has 0 aromatic heterocycles. The number of hydrogen-bond acceptors (Lipinski definition) is 3. The summed E-state index contributed by atoms with van der Waals surface area (Å²) in [5.74, 6) is 0.347. The highest BCUT2D eigenvalue weighted by atomic mass is 16.6. The van der Waals surface area contributed by atoms with Crippen molar-refractivity contribution in [1.82, 2.24) is 0 Å². The number of nitriles is 1. The fourth-order valence-corrected chi connectivity index (χ4v) is 1.38. The van der Waals surface area contributed by atoms with Gasteiger partial charge in [0.05, 0.1) is 18.6 Å². The van der Waals surface area contributed by atoms with E-state index in [1.54, 1.807) is 0 Å². The molecule has 0 aromatic rings. The minimum Gasteiger partial charge on any atom is -0.368 e. The first kappa shape index (κ1) is 8.51. The van der Waals surface area contributed by atoms with Gasteiger partial charge in [0.25, 0.3) is 0 Å². The van der Waals surface area contributed by atoms with E-state index < -0.39 is 6.29 Å². The minimum absolute atomic E-state index is 0.0397. The lowest BCUT2D eigenvalue weighted by Crippen LogP contribution is -2.12. The van der Waals surface area contributed by atoms with Crippen molar-refractivity contribution in [1.29, 1.82) is 5.26 Å². The van der Waals surface area contributed by atoms with Crippen LogP contribution in [0, 0.1) is 23.2 Å². The van der Waals surface area contributed by atoms with E-state index in [0.29, 0.717) is 18.9 Å². The Morgan fingerprint density at radius 2 is 2.27 bits per heavy atom. The minimum atomic E-state index is -0.664. The summed E-state index contributed by atoms with van der Waals surface area (Å²) < 4.78 is 5.01. The summed E-state index contributed by atoms with van der Waals surface area (Å²) in [6.45, 7) is 2.41. The maximum Gasteiger partial charge on any atom is 0.154 e. The molecule has 1 aliphatic rings. The Hall–Kier alpha value is -0.590. The highest BCUT2D eigenvalue weighted by Crippen LogP contribution is 2.21. The number of rotatable bonds is 0. The van der Waals surface area contributed by atoms with Crippen molar-refractivity contribution < 1.29 is 9.84 Å². The summed E-state index contributed by atoms with van der Waals surface area (Å²) in [7, 11) is 0. The molecular weight excluding hydrogens is 142 g/mol. The first-order valence-electron chi connectivity index (χ1n) is 3.91. The highest BCUT2D eigenvalue weighted by molar-refractivity contribution is 4.85. The van der Waals surface area contributed by atoms with E-state index in [1.165, 1.54) is 0 Å². The number of aliphatic hydroxyl groups excluding tert-OH is 1. The fourth-order valence-electron chi connectivity index (χ4n) is 1.38. The van der Waals surface area contributed by atoms with E-state index in [-0.39, 0.29) is 5.92 Å². The van der Waals surface area contributed by atoms with Gasteiger partial charge in [-0.25, -0.2) is 0 Å². The van der Waals surface area contributed by atoms with E-state index in [4.69, 9.17) is 15.1 Å². The molecular formula is C8H13NO2. The molecule has 0 saturated carbocycles. The van der Waals surface area contributed by atoms with Crippen LogP contribution in [0.15, 0.2) is 0 Å². The van der Waals surface area contributed by atoms with Crippen LogP contribution < -0.4 is 0 Å². The molecule has 1 fully saturated rings. The predicted molar refractivity (Wildman–Crippen MR) is 39.5 cm³/mol. The van der Waals surface area contributed by atoms with Crippen LogP contribution in [0.1, 0.15) is 19.8 Å². The van der Waals surface area contributed by atoms with E-state index in [2.05, 4.69) is 6.07 Å². The average molecular weight is 155 g/mol. The monoisotopic (exact) mass is 155 g/mol. The van der Waals surface area contributed by atoms with Gasteiger partial charge < -0.3 is 9.84 Å². The van der Waals surface area contributed by atoms with Gasteiger partial charge in [-0.2, -0.15) is 5.26 Å². The number of ether oxygens (including phenoxy) is 1. The van der Waals surface area contributed by atoms with Crippen molar-refractivity contribution >= 4 is 0 Å². The zero-order valence-corrected chi connectivity index (χ0v) is 6.66. The van der Waals surface area contributed by atoms with Crippen LogP contribution in [0.2, 0.25) is 0 Å². The standard InChI is InChI=1S/C8H13NO2/c1-6-2-7(4-9)5-11-8(10)3-6/h6-8,10H,2-3,5H2,1H3/t6-,7?,8?/m0/s1. The van der Waals surface area contributed by atoms with Crippen LogP contribution in [-0.4, -0.2) is 18.0 Å². The topological polar surface area (TPSA) is 53.2 Å². The third-order valence-electron chi connectivity index (χ3n) is 1.96. The number of aliphatic hydroxyl groups is 1. The van der Waals surface area contributed by atoms with Gasteiger partial charge in [0.2, 0.25) is 0 Å². The quantitative estimate of drug-likeness (QED) is 0.565. The molecule has 1 aliphatic heterocycles. The van der Waals surface area contributed by atoms with E-state index in [0.717, 1.165) is 6.42 Å². The number of hydrogen-bond donors (Lipinski definition) is 1. The normalized spacial score (nSPS) is 39.2. The molecule has 0 bridgehead atoms. The average Bonchev–Trinajstić information content (AvgIpc) is 2.11. The number of nitrogens with zero attached hydrogens (tertiary/aromatic N) is 1. The summed E-state index contributed by atoms with van der Waals surface area (Å²) in [6, 6.07) is 2.16. The Bertz CT molecular complexity index is 164. The van der Waals surface area contributed by atoms with Gasteiger partial charge in [0.15, 0.2) is 6.29 Å². The van der Waals surface area contributed by atoms with Crippen LogP contribution in [0.4, 0.5) is 0 Å². The van der Waals surface area contributed by atoms with Crippen molar-refractivity contribution in [3.63, 3.8) is 0 Å². The molecule has 62 valence electrons. The first-order chi connectivity index (χ1) is 5.22. The lowest BCUT2D eigenvalue weighted by molar-refractivity contribution is -0.103. The zero-order chi connectivity index (χ0) is 8.27. The van der Waals surface area contributed by atoms with E-state index >= 15 is 0 Å². The first-order valence-corrected chi connectivity index (χ1v) is 3.91. The molecule has 2 unspecified atom stereocenters. The molecule has 3 heteroatoms. The van der Waals surface area contributed by atoms with Crippen molar-refractivity contribution in [2.45, 2.75) is 26.1 Å². The maximum atomic E-state index is 9.14. The molecule has 1 rings (SSSR count). The van der Waals surface area contributed by atoms with Gasteiger partial charge in [-0.05, 0) is 12.3 Å². The molecule has 1 saturated heterocycles. The van der Waals surface area contributed by atoms with Gasteiger partial charge in [0.1, 0.15) is 0 Å². The molecule has 1 heterocycles. The second kappa shape index (κ2) is 3.70. The van der Waals surface area contributed by atoms with Crippen LogP contribution in [0.25, 0.3) is 0 Å². The SMILES string of the molecule is C[C@H]1CC(C#N)COC(O)C1. The second-order valence-corrected chi connectivity index (χ2v) is 3.19. The van der Waals surface area contributed by atoms with Gasteiger partial charge >= 0.3 is 0 Å². The zero-order valence-electron chi connectivity index (χ0n) is 6.66. The summed E-state index contributed by atoms with van der Waals surface area (Å²) >= 11 is 0. The van der Waals surface area contributed by atoms with Gasteiger partial charge in [-0.3, -0.25) is 0 Å². The molecule has 1 N–H and O–H groups in total. The maximum absolute atomic E-state index is 9.14. The molecule has 0 amide bonds. The van der Waals surface area contributed by atoms with E-state index in [9.17, 15) is 0 Å². The molecule has 11 heavy (non-hydrogen) atoms. The predicted octanol–water partition coefficient (Wildman–Crippen LogP) is 0.891.